The Morgan fingerprint density at radius 1 is 1.00 bits per heavy atom. The highest BCUT2D eigenvalue weighted by Gasteiger charge is 2.37. The van der Waals surface area contributed by atoms with E-state index in [0.717, 1.165) is 26.1 Å². The van der Waals surface area contributed by atoms with Gasteiger partial charge in [-0.2, -0.15) is 0 Å². The highest BCUT2D eigenvalue weighted by atomic mass is 16.5. The van der Waals surface area contributed by atoms with Gasteiger partial charge in [0, 0.05) is 19.7 Å². The average Bonchev–Trinajstić information content (AvgIpc) is 2.58. The maximum absolute atomic E-state index is 12.4. The summed E-state index contributed by atoms with van der Waals surface area (Å²) in [5.74, 6) is 0.289. The van der Waals surface area contributed by atoms with Crippen LogP contribution in [0.2, 0.25) is 0 Å². The SMILES string of the molecule is CCN1CCC2(CC1)CCN(C(=O)CCOCCCC(C)(C)C)CC2. The quantitative estimate of drug-likeness (QED) is 0.651. The van der Waals surface area contributed by atoms with Crippen LogP contribution in [0.1, 0.15) is 72.6 Å². The van der Waals surface area contributed by atoms with Crippen molar-refractivity contribution >= 4 is 5.91 Å². The molecule has 1 spiro atoms. The first kappa shape index (κ1) is 20.7. The summed E-state index contributed by atoms with van der Waals surface area (Å²) < 4.78 is 5.67. The van der Waals surface area contributed by atoms with Crippen LogP contribution in [-0.4, -0.2) is 61.6 Å². The largest absolute Gasteiger partial charge is 0.381 e. The number of ether oxygens (including phenoxy) is 1. The minimum Gasteiger partial charge on any atom is -0.381 e. The fourth-order valence-corrected chi connectivity index (χ4v) is 4.20. The molecule has 0 radical (unpaired) electrons. The van der Waals surface area contributed by atoms with Crippen LogP contribution in [0.4, 0.5) is 0 Å². The summed E-state index contributed by atoms with van der Waals surface area (Å²) in [6.07, 6.45) is 7.83. The van der Waals surface area contributed by atoms with Crippen molar-refractivity contribution in [2.75, 3.05) is 45.9 Å². The third-order valence-corrected chi connectivity index (χ3v) is 6.22. The molecule has 2 aliphatic heterocycles. The first-order chi connectivity index (χ1) is 11.8. The molecule has 2 rings (SSSR count). The van der Waals surface area contributed by atoms with E-state index in [4.69, 9.17) is 4.74 Å². The smallest absolute Gasteiger partial charge is 0.224 e. The van der Waals surface area contributed by atoms with E-state index in [1.165, 1.54) is 51.7 Å². The zero-order valence-corrected chi connectivity index (χ0v) is 17.1. The van der Waals surface area contributed by atoms with Crippen LogP contribution in [0, 0.1) is 10.8 Å². The lowest BCUT2D eigenvalue weighted by Gasteiger charge is -2.46. The van der Waals surface area contributed by atoms with Crippen molar-refractivity contribution in [2.24, 2.45) is 10.8 Å². The van der Waals surface area contributed by atoms with Gasteiger partial charge in [-0.05, 0) is 69.0 Å². The molecule has 4 nitrogen and oxygen atoms in total. The lowest BCUT2D eigenvalue weighted by atomic mass is 9.71. The third-order valence-electron chi connectivity index (χ3n) is 6.22. The van der Waals surface area contributed by atoms with E-state index in [1.807, 2.05) is 0 Å². The molecule has 25 heavy (non-hydrogen) atoms. The van der Waals surface area contributed by atoms with Gasteiger partial charge in [0.2, 0.25) is 5.91 Å². The molecule has 146 valence electrons. The summed E-state index contributed by atoms with van der Waals surface area (Å²) in [6, 6.07) is 0. The molecule has 4 heteroatoms. The van der Waals surface area contributed by atoms with Crippen LogP contribution in [-0.2, 0) is 9.53 Å². The molecule has 2 aliphatic rings. The van der Waals surface area contributed by atoms with Gasteiger partial charge in [-0.15, -0.1) is 0 Å². The molecular formula is C21H40N2O2. The molecule has 0 saturated carbocycles. The Hall–Kier alpha value is -0.610. The van der Waals surface area contributed by atoms with Crippen LogP contribution in [0.5, 0.6) is 0 Å². The summed E-state index contributed by atoms with van der Waals surface area (Å²) in [4.78, 5) is 17.0. The summed E-state index contributed by atoms with van der Waals surface area (Å²) in [5, 5.41) is 0. The number of piperidine rings is 2. The fraction of sp³-hybridized carbons (Fsp3) is 0.952. The summed E-state index contributed by atoms with van der Waals surface area (Å²) >= 11 is 0. The normalized spacial score (nSPS) is 21.7. The minimum atomic E-state index is 0.289. The number of hydrogen-bond acceptors (Lipinski definition) is 3. The standard InChI is InChI=1S/C21H40N2O2/c1-5-22-13-9-21(10-14-22)11-15-23(16-12-21)19(24)7-18-25-17-6-8-20(2,3)4/h5-18H2,1-4H3. The van der Waals surface area contributed by atoms with Gasteiger partial charge in [0.05, 0.1) is 13.0 Å². The predicted octanol–water partition coefficient (Wildman–Crippen LogP) is 3.94. The van der Waals surface area contributed by atoms with Crippen LogP contribution in [0.15, 0.2) is 0 Å². The zero-order valence-electron chi connectivity index (χ0n) is 17.1. The van der Waals surface area contributed by atoms with E-state index in [0.29, 0.717) is 23.9 Å². The van der Waals surface area contributed by atoms with Crippen LogP contribution in [0.25, 0.3) is 0 Å². The highest BCUT2D eigenvalue weighted by molar-refractivity contribution is 5.76. The molecule has 0 N–H and O–H groups in total. The van der Waals surface area contributed by atoms with Gasteiger partial charge in [0.15, 0.2) is 0 Å². The average molecular weight is 353 g/mol. The first-order valence-electron chi connectivity index (χ1n) is 10.4. The van der Waals surface area contributed by atoms with Crippen molar-refractivity contribution in [1.29, 1.82) is 0 Å². The number of rotatable bonds is 7. The van der Waals surface area contributed by atoms with Crippen molar-refractivity contribution in [3.63, 3.8) is 0 Å². The Morgan fingerprint density at radius 2 is 1.60 bits per heavy atom. The molecule has 0 unspecified atom stereocenters. The summed E-state index contributed by atoms with van der Waals surface area (Å²) in [7, 11) is 0. The second-order valence-electron chi connectivity index (χ2n) is 9.34. The molecular weight excluding hydrogens is 312 g/mol. The van der Waals surface area contributed by atoms with Gasteiger partial charge in [0.1, 0.15) is 0 Å². The molecule has 0 aromatic carbocycles. The number of carbonyl (C=O) groups is 1. The molecule has 1 amide bonds. The van der Waals surface area contributed by atoms with Crippen LogP contribution < -0.4 is 0 Å². The van der Waals surface area contributed by atoms with Crippen molar-refractivity contribution in [2.45, 2.75) is 72.6 Å². The Labute approximate surface area is 155 Å². The first-order valence-corrected chi connectivity index (χ1v) is 10.4. The maximum atomic E-state index is 12.4. The van der Waals surface area contributed by atoms with Gasteiger partial charge in [0.25, 0.3) is 0 Å². The van der Waals surface area contributed by atoms with Gasteiger partial charge in [-0.3, -0.25) is 4.79 Å². The van der Waals surface area contributed by atoms with Gasteiger partial charge in [-0.25, -0.2) is 0 Å². The van der Waals surface area contributed by atoms with Crippen molar-refractivity contribution in [3.8, 4) is 0 Å². The van der Waals surface area contributed by atoms with E-state index < -0.39 is 0 Å². The predicted molar refractivity (Wildman–Crippen MR) is 104 cm³/mol. The topological polar surface area (TPSA) is 32.8 Å². The van der Waals surface area contributed by atoms with Gasteiger partial charge < -0.3 is 14.5 Å². The third kappa shape index (κ3) is 6.90. The highest BCUT2D eigenvalue weighted by Crippen LogP contribution is 2.41. The lowest BCUT2D eigenvalue weighted by Crippen LogP contribution is -2.48. The van der Waals surface area contributed by atoms with E-state index in [9.17, 15) is 4.79 Å². The molecule has 2 heterocycles. The monoisotopic (exact) mass is 352 g/mol. The van der Waals surface area contributed by atoms with E-state index in [-0.39, 0.29) is 5.91 Å². The minimum absolute atomic E-state index is 0.289. The lowest BCUT2D eigenvalue weighted by molar-refractivity contribution is -0.135. The zero-order chi connectivity index (χ0) is 18.3. The number of amides is 1. The molecule has 0 aromatic heterocycles. The van der Waals surface area contributed by atoms with E-state index in [2.05, 4.69) is 37.5 Å². The van der Waals surface area contributed by atoms with Gasteiger partial charge >= 0.3 is 0 Å². The van der Waals surface area contributed by atoms with Crippen molar-refractivity contribution < 1.29 is 9.53 Å². The van der Waals surface area contributed by atoms with E-state index in [1.54, 1.807) is 0 Å². The van der Waals surface area contributed by atoms with Crippen LogP contribution >= 0.6 is 0 Å². The molecule has 2 fully saturated rings. The van der Waals surface area contributed by atoms with Crippen molar-refractivity contribution in [3.05, 3.63) is 0 Å². The summed E-state index contributed by atoms with van der Waals surface area (Å²) in [5.41, 5.74) is 0.891. The second-order valence-corrected chi connectivity index (χ2v) is 9.34. The Morgan fingerprint density at radius 3 is 2.16 bits per heavy atom. The fourth-order valence-electron chi connectivity index (χ4n) is 4.20. The Kier molecular flexibility index (Phi) is 7.75. The van der Waals surface area contributed by atoms with Gasteiger partial charge in [-0.1, -0.05) is 27.7 Å². The van der Waals surface area contributed by atoms with Crippen LogP contribution in [0.3, 0.4) is 0 Å². The molecule has 2 saturated heterocycles. The number of hydrogen-bond donors (Lipinski definition) is 0. The molecule has 0 aliphatic carbocycles. The maximum Gasteiger partial charge on any atom is 0.224 e. The number of nitrogens with zero attached hydrogens (tertiary/aromatic N) is 2. The Bertz CT molecular complexity index is 399. The number of carbonyl (C=O) groups excluding carboxylic acids is 1. The second kappa shape index (κ2) is 9.36. The summed E-state index contributed by atoms with van der Waals surface area (Å²) in [6.45, 7) is 15.9. The Balaban J connectivity index is 1.58. The molecule has 0 bridgehead atoms. The molecule has 0 atom stereocenters. The number of likely N-dealkylation sites (tertiary alicyclic amines) is 2. The van der Waals surface area contributed by atoms with Crippen molar-refractivity contribution in [1.82, 2.24) is 9.80 Å². The van der Waals surface area contributed by atoms with E-state index >= 15 is 0 Å². The molecule has 0 aromatic rings.